The Balaban J connectivity index is 1.59. The Labute approximate surface area is 173 Å². The predicted octanol–water partition coefficient (Wildman–Crippen LogP) is 4.06. The van der Waals surface area contributed by atoms with Gasteiger partial charge in [-0.05, 0) is 29.5 Å². The highest BCUT2D eigenvalue weighted by atomic mass is 16.2. The first kappa shape index (κ1) is 19.4. The third kappa shape index (κ3) is 4.93. The van der Waals surface area contributed by atoms with Crippen LogP contribution in [0.15, 0.2) is 91.0 Å². The van der Waals surface area contributed by atoms with Crippen molar-refractivity contribution < 1.29 is 4.79 Å². The van der Waals surface area contributed by atoms with E-state index in [1.165, 1.54) is 11.1 Å². The Morgan fingerprint density at radius 3 is 2.10 bits per heavy atom. The Morgan fingerprint density at radius 2 is 1.45 bits per heavy atom. The van der Waals surface area contributed by atoms with Gasteiger partial charge in [-0.15, -0.1) is 0 Å². The van der Waals surface area contributed by atoms with Gasteiger partial charge in [0.25, 0.3) is 0 Å². The average Bonchev–Trinajstić information content (AvgIpc) is 2.79. The molecule has 0 aliphatic carbocycles. The van der Waals surface area contributed by atoms with Crippen LogP contribution in [0, 0.1) is 0 Å². The van der Waals surface area contributed by atoms with Crippen molar-refractivity contribution in [2.45, 2.75) is 24.8 Å². The molecule has 0 aromatic heterocycles. The zero-order valence-electron chi connectivity index (χ0n) is 16.7. The quantitative estimate of drug-likeness (QED) is 0.695. The van der Waals surface area contributed by atoms with Crippen molar-refractivity contribution in [3.63, 3.8) is 0 Å². The van der Waals surface area contributed by atoms with Gasteiger partial charge in [0.2, 0.25) is 5.91 Å². The largest absolute Gasteiger partial charge is 0.336 e. The number of carbonyl (C=O) groups excluding carboxylic acids is 1. The van der Waals surface area contributed by atoms with Gasteiger partial charge in [-0.1, -0.05) is 91.0 Å². The van der Waals surface area contributed by atoms with Crippen LogP contribution in [-0.4, -0.2) is 36.5 Å². The monoisotopic (exact) mass is 384 g/mol. The number of nitrogens with zero attached hydrogens (tertiary/aromatic N) is 1. The summed E-state index contributed by atoms with van der Waals surface area (Å²) in [5, 5.41) is 3.47. The fourth-order valence-electron chi connectivity index (χ4n) is 4.20. The second-order valence-corrected chi connectivity index (χ2v) is 7.73. The van der Waals surface area contributed by atoms with Crippen molar-refractivity contribution in [1.29, 1.82) is 0 Å². The van der Waals surface area contributed by atoms with E-state index >= 15 is 0 Å². The van der Waals surface area contributed by atoms with E-state index in [0.29, 0.717) is 0 Å². The van der Waals surface area contributed by atoms with Crippen molar-refractivity contribution >= 4 is 5.91 Å². The minimum absolute atomic E-state index is 0.157. The fraction of sp³-hybridized carbons (Fsp3) is 0.269. The molecule has 0 radical (unpaired) electrons. The summed E-state index contributed by atoms with van der Waals surface area (Å²) in [5.74, 6) is 0.0810. The Morgan fingerprint density at radius 1 is 0.862 bits per heavy atom. The van der Waals surface area contributed by atoms with Gasteiger partial charge in [0.15, 0.2) is 0 Å². The molecule has 0 spiro atoms. The van der Waals surface area contributed by atoms with E-state index in [1.807, 2.05) is 42.5 Å². The van der Waals surface area contributed by atoms with Crippen LogP contribution in [0.3, 0.4) is 0 Å². The molecule has 3 heteroatoms. The molecule has 0 saturated carbocycles. The predicted molar refractivity (Wildman–Crippen MR) is 118 cm³/mol. The van der Waals surface area contributed by atoms with E-state index in [2.05, 4.69) is 58.7 Å². The summed E-state index contributed by atoms with van der Waals surface area (Å²) in [6.07, 6.45) is 1.61. The van der Waals surface area contributed by atoms with Crippen LogP contribution in [0.1, 0.15) is 22.6 Å². The molecule has 3 aromatic carbocycles. The first-order valence-corrected chi connectivity index (χ1v) is 10.5. The minimum atomic E-state index is -0.157. The molecule has 1 amide bonds. The van der Waals surface area contributed by atoms with E-state index in [0.717, 1.165) is 38.0 Å². The highest BCUT2D eigenvalue weighted by molar-refractivity contribution is 5.84. The fourth-order valence-corrected chi connectivity index (χ4v) is 4.20. The third-order valence-corrected chi connectivity index (χ3v) is 5.73. The lowest BCUT2D eigenvalue weighted by atomic mass is 9.89. The van der Waals surface area contributed by atoms with Crippen molar-refractivity contribution in [2.75, 3.05) is 19.6 Å². The zero-order chi connectivity index (χ0) is 19.9. The molecule has 3 nitrogen and oxygen atoms in total. The minimum Gasteiger partial charge on any atom is -0.336 e. The first-order chi connectivity index (χ1) is 14.3. The van der Waals surface area contributed by atoms with Crippen LogP contribution in [0.25, 0.3) is 0 Å². The molecule has 1 N–H and O–H groups in total. The van der Waals surface area contributed by atoms with Crippen LogP contribution in [0.2, 0.25) is 0 Å². The van der Waals surface area contributed by atoms with Crippen LogP contribution in [0.4, 0.5) is 0 Å². The summed E-state index contributed by atoms with van der Waals surface area (Å²) in [4.78, 5) is 15.9. The lowest BCUT2D eigenvalue weighted by Gasteiger charge is -2.38. The maximum absolute atomic E-state index is 13.8. The molecular formula is C26H28N2O. The molecule has 1 fully saturated rings. The van der Waals surface area contributed by atoms with Crippen LogP contribution >= 0.6 is 0 Å². The van der Waals surface area contributed by atoms with E-state index < -0.39 is 0 Å². The van der Waals surface area contributed by atoms with Crippen molar-refractivity contribution in [3.05, 3.63) is 108 Å². The number of benzene rings is 3. The van der Waals surface area contributed by atoms with E-state index in [4.69, 9.17) is 0 Å². The molecule has 4 rings (SSSR count). The molecular weight excluding hydrogens is 356 g/mol. The van der Waals surface area contributed by atoms with Crippen molar-refractivity contribution in [1.82, 2.24) is 10.2 Å². The molecule has 2 atom stereocenters. The maximum atomic E-state index is 13.8. The van der Waals surface area contributed by atoms with Crippen LogP contribution in [-0.2, 0) is 17.6 Å². The average molecular weight is 385 g/mol. The van der Waals surface area contributed by atoms with Gasteiger partial charge in [-0.2, -0.15) is 0 Å². The number of rotatable bonds is 6. The van der Waals surface area contributed by atoms with Gasteiger partial charge in [-0.25, -0.2) is 0 Å². The third-order valence-electron chi connectivity index (χ3n) is 5.73. The number of piperazine rings is 1. The standard InChI is InChI=1S/C26H28N2O/c29-26(28-17-16-27-20-24(28)18-21-10-4-1-5-11-21)25(23-14-8-3-9-15-23)19-22-12-6-2-7-13-22/h1-15,24-25,27H,16-20H2. The molecule has 0 bridgehead atoms. The van der Waals surface area contributed by atoms with Crippen molar-refractivity contribution in [3.8, 4) is 0 Å². The Hall–Kier alpha value is -2.91. The highest BCUT2D eigenvalue weighted by Crippen LogP contribution is 2.25. The maximum Gasteiger partial charge on any atom is 0.230 e. The van der Waals surface area contributed by atoms with Gasteiger partial charge in [0.05, 0.1) is 5.92 Å². The number of hydrogen-bond acceptors (Lipinski definition) is 2. The van der Waals surface area contributed by atoms with Crippen LogP contribution < -0.4 is 5.32 Å². The number of carbonyl (C=O) groups is 1. The molecule has 1 aliphatic heterocycles. The molecule has 1 saturated heterocycles. The van der Waals surface area contributed by atoms with Crippen molar-refractivity contribution in [2.24, 2.45) is 0 Å². The summed E-state index contributed by atoms with van der Waals surface area (Å²) in [6.45, 7) is 2.45. The molecule has 148 valence electrons. The van der Waals surface area contributed by atoms with Gasteiger partial charge >= 0.3 is 0 Å². The zero-order valence-corrected chi connectivity index (χ0v) is 16.7. The topological polar surface area (TPSA) is 32.3 Å². The van der Waals surface area contributed by atoms with E-state index in [9.17, 15) is 4.79 Å². The molecule has 2 unspecified atom stereocenters. The van der Waals surface area contributed by atoms with Gasteiger partial charge in [0, 0.05) is 25.7 Å². The smallest absolute Gasteiger partial charge is 0.230 e. The van der Waals surface area contributed by atoms with Crippen LogP contribution in [0.5, 0.6) is 0 Å². The molecule has 1 aliphatic rings. The van der Waals surface area contributed by atoms with Gasteiger partial charge in [0.1, 0.15) is 0 Å². The van der Waals surface area contributed by atoms with E-state index in [-0.39, 0.29) is 17.9 Å². The second kappa shape index (κ2) is 9.53. The summed E-state index contributed by atoms with van der Waals surface area (Å²) in [5.41, 5.74) is 3.57. The Bertz CT molecular complexity index is 896. The van der Waals surface area contributed by atoms with Gasteiger partial charge in [-0.3, -0.25) is 4.79 Å². The second-order valence-electron chi connectivity index (χ2n) is 7.73. The molecule has 3 aromatic rings. The normalized spacial score (nSPS) is 17.7. The Kier molecular flexibility index (Phi) is 6.38. The summed E-state index contributed by atoms with van der Waals surface area (Å²) < 4.78 is 0. The first-order valence-electron chi connectivity index (χ1n) is 10.5. The SMILES string of the molecule is O=C(C(Cc1ccccc1)c1ccccc1)N1CCNCC1Cc1ccccc1. The summed E-state index contributed by atoms with van der Waals surface area (Å²) in [7, 11) is 0. The molecule has 29 heavy (non-hydrogen) atoms. The number of nitrogens with one attached hydrogen (secondary N) is 1. The lowest BCUT2D eigenvalue weighted by molar-refractivity contribution is -0.136. The summed E-state index contributed by atoms with van der Waals surface area (Å²) in [6, 6.07) is 31.2. The lowest BCUT2D eigenvalue weighted by Crippen LogP contribution is -2.55. The van der Waals surface area contributed by atoms with Gasteiger partial charge < -0.3 is 10.2 Å². The number of amides is 1. The highest BCUT2D eigenvalue weighted by Gasteiger charge is 2.32. The number of hydrogen-bond donors (Lipinski definition) is 1. The summed E-state index contributed by atoms with van der Waals surface area (Å²) >= 11 is 0. The van der Waals surface area contributed by atoms with E-state index in [1.54, 1.807) is 0 Å². The molecule has 1 heterocycles.